The molecule has 1 aromatic carbocycles. The van der Waals surface area contributed by atoms with Gasteiger partial charge >= 0.3 is 0 Å². The first kappa shape index (κ1) is 12.2. The molecule has 0 radical (unpaired) electrons. The maximum absolute atomic E-state index is 13.7. The Morgan fingerprint density at radius 1 is 1.41 bits per heavy atom. The van der Waals surface area contributed by atoms with Gasteiger partial charge in [0.25, 0.3) is 0 Å². The average molecular weight is 253 g/mol. The molecule has 0 amide bonds. The highest BCUT2D eigenvalue weighted by atomic mass is 35.5. The van der Waals surface area contributed by atoms with Crippen molar-refractivity contribution in [1.29, 1.82) is 0 Å². The molecule has 90 valence electrons. The highest BCUT2D eigenvalue weighted by Crippen LogP contribution is 2.26. The highest BCUT2D eigenvalue weighted by molar-refractivity contribution is 6.31. The molecule has 17 heavy (non-hydrogen) atoms. The fourth-order valence-corrected chi connectivity index (χ4v) is 2.08. The summed E-state index contributed by atoms with van der Waals surface area (Å²) >= 11 is 5.98. The molecule has 1 aromatic rings. The first-order valence-corrected chi connectivity index (χ1v) is 6.02. The van der Waals surface area contributed by atoms with Gasteiger partial charge in [-0.25, -0.2) is 4.39 Å². The molecule has 1 unspecified atom stereocenters. The van der Waals surface area contributed by atoms with Gasteiger partial charge in [-0.05, 0) is 43.5 Å². The Balaban J connectivity index is 2.38. The van der Waals surface area contributed by atoms with Gasteiger partial charge in [-0.3, -0.25) is 0 Å². The molecular weight excluding hydrogens is 239 g/mol. The van der Waals surface area contributed by atoms with Gasteiger partial charge in [-0.2, -0.15) is 0 Å². The number of allylic oxidation sites excluding steroid dienone is 3. The number of hydrogen-bond donors (Lipinski definition) is 0. The summed E-state index contributed by atoms with van der Waals surface area (Å²) in [5.41, 5.74) is 0.896. The van der Waals surface area contributed by atoms with Crippen molar-refractivity contribution < 1.29 is 9.13 Å². The molecular formula is C14H14ClFO. The Morgan fingerprint density at radius 3 is 3.06 bits per heavy atom. The van der Waals surface area contributed by atoms with Crippen molar-refractivity contribution in [2.45, 2.75) is 25.9 Å². The van der Waals surface area contributed by atoms with Crippen molar-refractivity contribution in [3.05, 3.63) is 52.8 Å². The zero-order chi connectivity index (χ0) is 12.3. The second-order valence-corrected chi connectivity index (χ2v) is 4.48. The largest absolute Gasteiger partial charge is 0.483 e. The zero-order valence-electron chi connectivity index (χ0n) is 9.62. The van der Waals surface area contributed by atoms with Gasteiger partial charge in [0.15, 0.2) is 11.6 Å². The van der Waals surface area contributed by atoms with Gasteiger partial charge in [-0.1, -0.05) is 29.8 Å². The molecule has 0 saturated heterocycles. The molecule has 1 heterocycles. The van der Waals surface area contributed by atoms with Crippen LogP contribution in [0.3, 0.4) is 0 Å². The van der Waals surface area contributed by atoms with Crippen molar-refractivity contribution in [3.63, 3.8) is 0 Å². The number of para-hydroxylation sites is 1. The van der Waals surface area contributed by atoms with Gasteiger partial charge in [-0.15, -0.1) is 0 Å². The topological polar surface area (TPSA) is 9.23 Å². The minimum atomic E-state index is -0.316. The van der Waals surface area contributed by atoms with E-state index in [9.17, 15) is 4.39 Å². The van der Waals surface area contributed by atoms with Crippen LogP contribution in [0.4, 0.5) is 4.39 Å². The van der Waals surface area contributed by atoms with E-state index in [0.717, 1.165) is 18.4 Å². The predicted octanol–water partition coefficient (Wildman–Crippen LogP) is 4.22. The summed E-state index contributed by atoms with van der Waals surface area (Å²) in [7, 11) is 0. The average Bonchev–Trinajstić information content (AvgIpc) is 2.28. The number of fused-ring (bicyclic) bond motifs is 1. The fraction of sp³-hybridized carbons (Fsp3) is 0.286. The number of benzene rings is 1. The smallest absolute Gasteiger partial charge is 0.165 e. The summed E-state index contributed by atoms with van der Waals surface area (Å²) in [4.78, 5) is 0. The third kappa shape index (κ3) is 3.10. The van der Waals surface area contributed by atoms with Crippen LogP contribution in [0.2, 0.25) is 0 Å². The molecule has 0 fully saturated rings. The lowest BCUT2D eigenvalue weighted by atomic mass is 10.1. The Morgan fingerprint density at radius 2 is 2.24 bits per heavy atom. The highest BCUT2D eigenvalue weighted by Gasteiger charge is 2.12. The van der Waals surface area contributed by atoms with E-state index in [4.69, 9.17) is 16.3 Å². The van der Waals surface area contributed by atoms with Gasteiger partial charge in [0.2, 0.25) is 0 Å². The van der Waals surface area contributed by atoms with Gasteiger partial charge in [0.05, 0.1) is 0 Å². The lowest BCUT2D eigenvalue weighted by Gasteiger charge is -2.16. The lowest BCUT2D eigenvalue weighted by molar-refractivity contribution is 0.253. The van der Waals surface area contributed by atoms with Crippen LogP contribution >= 0.6 is 11.6 Å². The number of hydrogen-bond acceptors (Lipinski definition) is 1. The number of aryl methyl sites for hydroxylation is 1. The van der Waals surface area contributed by atoms with Crippen LogP contribution in [0.25, 0.3) is 0 Å². The minimum absolute atomic E-state index is 0.249. The lowest BCUT2D eigenvalue weighted by Crippen LogP contribution is -2.11. The van der Waals surface area contributed by atoms with Crippen LogP contribution in [-0.4, -0.2) is 6.10 Å². The normalized spacial score (nSPS) is 25.1. The van der Waals surface area contributed by atoms with E-state index in [0.29, 0.717) is 10.8 Å². The molecule has 0 aliphatic carbocycles. The van der Waals surface area contributed by atoms with Crippen LogP contribution in [0.1, 0.15) is 18.9 Å². The SMILES string of the molecule is CC1/C=C(Cl)\C=C/CCc2cccc(F)c2O1. The summed E-state index contributed by atoms with van der Waals surface area (Å²) in [5, 5.41) is 0.622. The van der Waals surface area contributed by atoms with E-state index in [1.165, 1.54) is 6.07 Å². The van der Waals surface area contributed by atoms with Gasteiger partial charge < -0.3 is 4.74 Å². The molecule has 1 nitrogen and oxygen atoms in total. The second kappa shape index (κ2) is 5.37. The van der Waals surface area contributed by atoms with Crippen molar-refractivity contribution in [3.8, 4) is 5.75 Å². The molecule has 0 N–H and O–H groups in total. The number of ether oxygens (including phenoxy) is 1. The maximum atomic E-state index is 13.7. The third-order valence-corrected chi connectivity index (χ3v) is 2.86. The molecule has 0 spiro atoms. The first-order chi connectivity index (χ1) is 8.16. The van der Waals surface area contributed by atoms with Crippen molar-refractivity contribution in [2.24, 2.45) is 0 Å². The molecule has 1 aliphatic rings. The molecule has 3 heteroatoms. The Hall–Kier alpha value is -1.28. The van der Waals surface area contributed by atoms with Gasteiger partial charge in [0, 0.05) is 5.03 Å². The summed E-state index contributed by atoms with van der Waals surface area (Å²) < 4.78 is 19.3. The second-order valence-electron chi connectivity index (χ2n) is 4.04. The standard InChI is InChI=1S/C14H14ClFO/c1-10-9-12(15)7-3-2-5-11-6-4-8-13(16)14(11)17-10/h3-4,6-10H,2,5H2,1H3/b7-3-,12-9+. The van der Waals surface area contributed by atoms with E-state index in [1.807, 2.05) is 25.1 Å². The van der Waals surface area contributed by atoms with Crippen molar-refractivity contribution in [1.82, 2.24) is 0 Å². The van der Waals surface area contributed by atoms with Crippen LogP contribution in [-0.2, 0) is 6.42 Å². The van der Waals surface area contributed by atoms with E-state index in [2.05, 4.69) is 0 Å². The van der Waals surface area contributed by atoms with Crippen molar-refractivity contribution in [2.75, 3.05) is 0 Å². The van der Waals surface area contributed by atoms with E-state index < -0.39 is 0 Å². The molecule has 0 bridgehead atoms. The molecule has 0 aromatic heterocycles. The molecule has 0 saturated carbocycles. The summed E-state index contributed by atoms with van der Waals surface area (Å²) in [6, 6.07) is 5.02. The van der Waals surface area contributed by atoms with Crippen LogP contribution < -0.4 is 4.74 Å². The van der Waals surface area contributed by atoms with E-state index in [1.54, 1.807) is 12.1 Å². The first-order valence-electron chi connectivity index (χ1n) is 5.64. The number of halogens is 2. The molecule has 2 rings (SSSR count). The predicted molar refractivity (Wildman–Crippen MR) is 67.9 cm³/mol. The Labute approximate surface area is 106 Å². The number of rotatable bonds is 0. The minimum Gasteiger partial charge on any atom is -0.483 e. The third-order valence-electron chi connectivity index (χ3n) is 2.60. The molecule has 1 atom stereocenters. The Kier molecular flexibility index (Phi) is 3.85. The quantitative estimate of drug-likeness (QED) is 0.672. The monoisotopic (exact) mass is 252 g/mol. The summed E-state index contributed by atoms with van der Waals surface area (Å²) in [6.45, 7) is 1.84. The summed E-state index contributed by atoms with van der Waals surface area (Å²) in [5.74, 6) is 0.0273. The van der Waals surface area contributed by atoms with Crippen LogP contribution in [0.5, 0.6) is 5.75 Å². The fourth-order valence-electron chi connectivity index (χ4n) is 1.82. The van der Waals surface area contributed by atoms with E-state index >= 15 is 0 Å². The van der Waals surface area contributed by atoms with Crippen molar-refractivity contribution >= 4 is 11.6 Å². The van der Waals surface area contributed by atoms with Gasteiger partial charge in [0.1, 0.15) is 6.10 Å². The maximum Gasteiger partial charge on any atom is 0.165 e. The molecule has 1 aliphatic heterocycles. The Bertz CT molecular complexity index is 465. The van der Waals surface area contributed by atoms with Crippen LogP contribution in [0, 0.1) is 5.82 Å². The van der Waals surface area contributed by atoms with Crippen LogP contribution in [0.15, 0.2) is 41.5 Å². The van der Waals surface area contributed by atoms with E-state index in [-0.39, 0.29) is 11.9 Å². The zero-order valence-corrected chi connectivity index (χ0v) is 10.4. The summed E-state index contributed by atoms with van der Waals surface area (Å²) in [6.07, 6.45) is 6.93.